The van der Waals surface area contributed by atoms with Crippen LogP contribution in [0.2, 0.25) is 0 Å². The van der Waals surface area contributed by atoms with Gasteiger partial charge in [-0.1, -0.05) is 59.3 Å². The Balaban J connectivity index is 1.70. The van der Waals surface area contributed by atoms with Gasteiger partial charge in [-0.25, -0.2) is 0 Å². The Morgan fingerprint density at radius 2 is 1.45 bits per heavy atom. The summed E-state index contributed by atoms with van der Waals surface area (Å²) in [7, 11) is 0. The van der Waals surface area contributed by atoms with Crippen LogP contribution in [0, 0.1) is 38.5 Å². The molecule has 1 heterocycles. The summed E-state index contributed by atoms with van der Waals surface area (Å²) in [6, 6.07) is 0. The monoisotopic (exact) mass is 460 g/mol. The Bertz CT molecular complexity index is 800. The molecule has 0 saturated carbocycles. The third kappa shape index (κ3) is 7.65. The van der Waals surface area contributed by atoms with Crippen molar-refractivity contribution >= 4 is 5.97 Å². The first kappa shape index (κ1) is 27.5. The Kier molecular flexibility index (Phi) is 10.1. The summed E-state index contributed by atoms with van der Waals surface area (Å²) in [4.78, 5) is 10.9. The molecule has 1 aromatic rings. The molecule has 4 heteroatoms. The Labute approximate surface area is 202 Å². The molecular weight excluding hydrogens is 412 g/mol. The maximum Gasteiger partial charge on any atom is 0.306 e. The highest BCUT2D eigenvalue weighted by atomic mass is 16.5. The Morgan fingerprint density at radius 1 is 0.909 bits per heavy atom. The molecule has 4 nitrogen and oxygen atoms in total. The Morgan fingerprint density at radius 3 is 2.03 bits per heavy atom. The van der Waals surface area contributed by atoms with Gasteiger partial charge in [-0.2, -0.15) is 0 Å². The quantitative estimate of drug-likeness (QED) is 0.314. The number of fused-ring (bicyclic) bond motifs is 1. The smallest absolute Gasteiger partial charge is 0.306 e. The molecule has 1 aliphatic heterocycles. The Hall–Kier alpha value is -1.71. The number of rotatable bonds is 13. The second-order valence-electron chi connectivity index (χ2n) is 11.3. The summed E-state index contributed by atoms with van der Waals surface area (Å²) in [5, 5.41) is 19.4. The summed E-state index contributed by atoms with van der Waals surface area (Å²) in [5.74, 6) is 1.96. The van der Waals surface area contributed by atoms with Crippen LogP contribution >= 0.6 is 0 Å². The van der Waals surface area contributed by atoms with Crippen LogP contribution in [0.15, 0.2) is 0 Å². The van der Waals surface area contributed by atoms with Crippen molar-refractivity contribution < 1.29 is 19.7 Å². The van der Waals surface area contributed by atoms with Crippen molar-refractivity contribution in [3.05, 3.63) is 22.3 Å². The lowest BCUT2D eigenvalue weighted by Gasteiger charge is -2.38. The second kappa shape index (κ2) is 12.1. The van der Waals surface area contributed by atoms with E-state index in [1.165, 1.54) is 37.7 Å². The molecule has 2 N–H and O–H groups in total. The zero-order valence-corrected chi connectivity index (χ0v) is 22.2. The summed E-state index contributed by atoms with van der Waals surface area (Å²) in [6.07, 6.45) is 12.2. The largest absolute Gasteiger partial charge is 0.507 e. The van der Waals surface area contributed by atoms with Crippen molar-refractivity contribution in [1.82, 2.24) is 0 Å². The molecule has 4 atom stereocenters. The molecule has 0 fully saturated rings. The summed E-state index contributed by atoms with van der Waals surface area (Å²) >= 11 is 0. The molecule has 0 saturated heterocycles. The van der Waals surface area contributed by atoms with Crippen LogP contribution in [-0.4, -0.2) is 21.8 Å². The van der Waals surface area contributed by atoms with Gasteiger partial charge in [-0.05, 0) is 88.3 Å². The normalized spacial score (nSPS) is 20.6. The van der Waals surface area contributed by atoms with Crippen molar-refractivity contribution in [1.29, 1.82) is 0 Å². The zero-order valence-electron chi connectivity index (χ0n) is 22.2. The minimum absolute atomic E-state index is 0.116. The van der Waals surface area contributed by atoms with E-state index >= 15 is 0 Å². The number of hydrogen-bond acceptors (Lipinski definition) is 3. The highest BCUT2D eigenvalue weighted by Crippen LogP contribution is 2.44. The predicted octanol–water partition coefficient (Wildman–Crippen LogP) is 7.90. The molecule has 2 rings (SSSR count). The summed E-state index contributed by atoms with van der Waals surface area (Å²) in [6.45, 7) is 14.8. The molecule has 0 bridgehead atoms. The number of carbonyl (C=O) groups is 1. The van der Waals surface area contributed by atoms with E-state index in [2.05, 4.69) is 27.7 Å². The van der Waals surface area contributed by atoms with Crippen molar-refractivity contribution in [3.8, 4) is 11.5 Å². The molecule has 1 unspecified atom stereocenters. The van der Waals surface area contributed by atoms with Crippen molar-refractivity contribution in [3.63, 3.8) is 0 Å². The molecule has 1 aliphatic rings. The first-order valence-corrected chi connectivity index (χ1v) is 13.2. The summed E-state index contributed by atoms with van der Waals surface area (Å²) in [5.41, 5.74) is 4.07. The average Bonchev–Trinajstić information content (AvgIpc) is 2.76. The first-order chi connectivity index (χ1) is 15.4. The number of carboxylic acids is 1. The molecular formula is C29H48O4. The van der Waals surface area contributed by atoms with E-state index in [0.717, 1.165) is 66.9 Å². The number of phenolic OH excluding ortho intramolecular Hbond substituents is 1. The van der Waals surface area contributed by atoms with Gasteiger partial charge in [0.2, 0.25) is 0 Å². The van der Waals surface area contributed by atoms with Gasteiger partial charge in [0.1, 0.15) is 17.1 Å². The molecule has 0 aromatic heterocycles. The number of hydrogen-bond donors (Lipinski definition) is 2. The van der Waals surface area contributed by atoms with Crippen molar-refractivity contribution in [2.45, 2.75) is 125 Å². The topological polar surface area (TPSA) is 66.8 Å². The van der Waals surface area contributed by atoms with Crippen molar-refractivity contribution in [2.75, 3.05) is 0 Å². The van der Waals surface area contributed by atoms with E-state index in [9.17, 15) is 9.90 Å². The molecule has 0 radical (unpaired) electrons. The van der Waals surface area contributed by atoms with Gasteiger partial charge < -0.3 is 14.9 Å². The van der Waals surface area contributed by atoms with Crippen LogP contribution in [-0.2, 0) is 11.2 Å². The highest BCUT2D eigenvalue weighted by molar-refractivity contribution is 5.69. The minimum atomic E-state index is -0.673. The van der Waals surface area contributed by atoms with Gasteiger partial charge in [0.15, 0.2) is 0 Å². The SMILES string of the molecule is Cc1c(C)c2c(c(C)c1O)CC[C@](C)(CCC[C@@H](C)CCC[C@@H](C)CCCC(C)C(=O)O)O2. The van der Waals surface area contributed by atoms with Crippen LogP contribution < -0.4 is 4.74 Å². The fourth-order valence-electron chi connectivity index (χ4n) is 5.29. The first-order valence-electron chi connectivity index (χ1n) is 13.2. The number of phenols is 1. The van der Waals surface area contributed by atoms with E-state index in [-0.39, 0.29) is 11.5 Å². The van der Waals surface area contributed by atoms with Crippen LogP contribution in [0.1, 0.15) is 114 Å². The molecule has 33 heavy (non-hydrogen) atoms. The van der Waals surface area contributed by atoms with E-state index < -0.39 is 5.97 Å². The lowest BCUT2D eigenvalue weighted by atomic mass is 9.84. The van der Waals surface area contributed by atoms with Gasteiger partial charge >= 0.3 is 5.97 Å². The van der Waals surface area contributed by atoms with E-state index in [4.69, 9.17) is 9.84 Å². The lowest BCUT2D eigenvalue weighted by Crippen LogP contribution is -2.37. The second-order valence-corrected chi connectivity index (χ2v) is 11.3. The van der Waals surface area contributed by atoms with Crippen LogP contribution in [0.3, 0.4) is 0 Å². The highest BCUT2D eigenvalue weighted by Gasteiger charge is 2.34. The number of benzene rings is 1. The number of ether oxygens (including phenoxy) is 1. The molecule has 0 aliphatic carbocycles. The zero-order chi connectivity index (χ0) is 24.8. The molecule has 188 valence electrons. The third-order valence-electron chi connectivity index (χ3n) is 8.14. The summed E-state index contributed by atoms with van der Waals surface area (Å²) < 4.78 is 6.58. The minimum Gasteiger partial charge on any atom is -0.507 e. The van der Waals surface area contributed by atoms with Gasteiger partial charge in [0.05, 0.1) is 5.92 Å². The van der Waals surface area contributed by atoms with Gasteiger partial charge in [0.25, 0.3) is 0 Å². The van der Waals surface area contributed by atoms with Crippen LogP contribution in [0.4, 0.5) is 0 Å². The number of aliphatic carboxylic acids is 1. The van der Waals surface area contributed by atoms with Crippen LogP contribution in [0.25, 0.3) is 0 Å². The fourth-order valence-corrected chi connectivity index (χ4v) is 5.29. The number of aromatic hydroxyl groups is 1. The van der Waals surface area contributed by atoms with Gasteiger partial charge in [-0.15, -0.1) is 0 Å². The molecule has 1 aromatic carbocycles. The third-order valence-corrected chi connectivity index (χ3v) is 8.14. The van der Waals surface area contributed by atoms with E-state index in [0.29, 0.717) is 11.7 Å². The number of carboxylic acid groups (broad SMARTS) is 1. The molecule has 0 amide bonds. The van der Waals surface area contributed by atoms with E-state index in [1.54, 1.807) is 6.92 Å². The maximum absolute atomic E-state index is 10.9. The lowest BCUT2D eigenvalue weighted by molar-refractivity contribution is -0.141. The average molecular weight is 461 g/mol. The molecule has 0 spiro atoms. The van der Waals surface area contributed by atoms with Crippen molar-refractivity contribution in [2.24, 2.45) is 17.8 Å². The van der Waals surface area contributed by atoms with E-state index in [1.807, 2.05) is 13.8 Å². The van der Waals surface area contributed by atoms with Gasteiger partial charge in [0, 0.05) is 5.56 Å². The maximum atomic E-state index is 10.9. The predicted molar refractivity (Wildman–Crippen MR) is 136 cm³/mol. The van der Waals surface area contributed by atoms with Gasteiger partial charge in [-0.3, -0.25) is 4.79 Å². The van der Waals surface area contributed by atoms with Crippen LogP contribution in [0.5, 0.6) is 11.5 Å². The standard InChI is InChI=1S/C29H48O4/c1-19(13-9-15-21(3)28(31)32)11-8-12-20(2)14-10-17-29(7)18-16-25-24(6)26(30)22(4)23(5)27(25)33-29/h19-21,30H,8-18H2,1-7H3,(H,31,32)/t19-,20+,21?,29+/m1/s1. The fraction of sp³-hybridized carbons (Fsp3) is 0.759.